The van der Waals surface area contributed by atoms with Gasteiger partial charge in [0.15, 0.2) is 0 Å². The number of aliphatic hydroxyl groups excluding tert-OH is 2. The second-order valence-corrected chi connectivity index (χ2v) is 9.78. The van der Waals surface area contributed by atoms with Crippen molar-refractivity contribution in [3.8, 4) is 28.6 Å². The molecule has 3 rings (SSSR count). The highest BCUT2D eigenvalue weighted by molar-refractivity contribution is 5.76. The van der Waals surface area contributed by atoms with Crippen molar-refractivity contribution in [1.29, 1.82) is 0 Å². The Hall–Kier alpha value is -3.27. The number of aromatic nitrogens is 2. The quantitative estimate of drug-likeness (QED) is 0.235. The molecule has 1 amide bonds. The van der Waals surface area contributed by atoms with Crippen molar-refractivity contribution >= 4 is 5.91 Å². The lowest BCUT2D eigenvalue weighted by Crippen LogP contribution is -2.36. The van der Waals surface area contributed by atoms with E-state index in [1.807, 2.05) is 26.0 Å². The lowest BCUT2D eigenvalue weighted by molar-refractivity contribution is -0.124. The maximum absolute atomic E-state index is 11.2. The Morgan fingerprint density at radius 3 is 2.61 bits per heavy atom. The van der Waals surface area contributed by atoms with Crippen LogP contribution in [0.1, 0.15) is 62.3 Å². The van der Waals surface area contributed by atoms with Crippen molar-refractivity contribution in [2.24, 2.45) is 0 Å². The Labute approximate surface area is 224 Å². The van der Waals surface area contributed by atoms with Gasteiger partial charge < -0.3 is 30.1 Å². The van der Waals surface area contributed by atoms with Crippen LogP contribution in [0.15, 0.2) is 34.9 Å². The molecular formula is C29H40N4O5. The van der Waals surface area contributed by atoms with Gasteiger partial charge in [-0.1, -0.05) is 38.9 Å². The number of ether oxygens (including phenoxy) is 1. The predicted molar refractivity (Wildman–Crippen MR) is 147 cm³/mol. The third kappa shape index (κ3) is 7.86. The maximum Gasteiger partial charge on any atom is 0.258 e. The highest BCUT2D eigenvalue weighted by atomic mass is 16.5. The molecule has 0 aliphatic rings. The Morgan fingerprint density at radius 2 is 1.92 bits per heavy atom. The fourth-order valence-electron chi connectivity index (χ4n) is 4.12. The first-order valence-corrected chi connectivity index (χ1v) is 13.3. The van der Waals surface area contributed by atoms with E-state index in [0.29, 0.717) is 29.8 Å². The molecule has 3 aromatic rings. The van der Waals surface area contributed by atoms with Gasteiger partial charge in [-0.05, 0) is 78.7 Å². The van der Waals surface area contributed by atoms with Gasteiger partial charge in [-0.2, -0.15) is 4.98 Å². The molecule has 0 radical (unpaired) electrons. The Bertz CT molecular complexity index is 1210. The monoisotopic (exact) mass is 524 g/mol. The minimum absolute atomic E-state index is 0.00197. The molecule has 2 aromatic carbocycles. The number of benzene rings is 2. The van der Waals surface area contributed by atoms with Gasteiger partial charge in [0, 0.05) is 24.2 Å². The number of amides is 1. The largest absolute Gasteiger partial charge is 0.490 e. The van der Waals surface area contributed by atoms with Crippen molar-refractivity contribution in [1.82, 2.24) is 20.8 Å². The summed E-state index contributed by atoms with van der Waals surface area (Å²) in [7, 11) is 0. The topological polar surface area (TPSA) is 130 Å². The van der Waals surface area contributed by atoms with E-state index in [1.165, 1.54) is 11.1 Å². The zero-order valence-corrected chi connectivity index (χ0v) is 23.0. The highest BCUT2D eigenvalue weighted by Gasteiger charge is 2.17. The van der Waals surface area contributed by atoms with E-state index < -0.39 is 18.6 Å². The summed E-state index contributed by atoms with van der Waals surface area (Å²) in [4.78, 5) is 15.9. The van der Waals surface area contributed by atoms with Gasteiger partial charge in [0.05, 0.1) is 0 Å². The smallest absolute Gasteiger partial charge is 0.258 e. The third-order valence-electron chi connectivity index (χ3n) is 6.20. The summed E-state index contributed by atoms with van der Waals surface area (Å²) in [6, 6.07) is 10.3. The molecule has 0 fully saturated rings. The number of hydrogen-bond acceptors (Lipinski definition) is 8. The lowest BCUT2D eigenvalue weighted by atomic mass is 9.97. The summed E-state index contributed by atoms with van der Waals surface area (Å²) < 4.78 is 11.6. The standard InChI is InChI=1S/C29H40N4O5/c1-6-8-30-14-20-10-22(18(3)4)13-24(11-20)29-32-28(33-38-29)23-9-19(5)27(21(7-2)12-23)37-17-25(35)15-31-26(36)16-34/h9-13,18,25,30,34-35H,6-8,14-17H2,1-5H3,(H,31,36). The second kappa shape index (κ2) is 14.0. The van der Waals surface area contributed by atoms with E-state index in [4.69, 9.17) is 19.4 Å². The SMILES string of the molecule is CCCNCc1cc(-c2nc(-c3cc(C)c(OCC(O)CNC(=O)CO)c(CC)c3)no2)cc(C(C)C)c1. The van der Waals surface area contributed by atoms with Crippen LogP contribution in [0.4, 0.5) is 0 Å². The van der Waals surface area contributed by atoms with E-state index >= 15 is 0 Å². The molecule has 9 heteroatoms. The zero-order valence-electron chi connectivity index (χ0n) is 23.0. The predicted octanol–water partition coefficient (Wildman–Crippen LogP) is 3.75. The summed E-state index contributed by atoms with van der Waals surface area (Å²) in [5.41, 5.74) is 5.95. The van der Waals surface area contributed by atoms with Crippen LogP contribution in [0.3, 0.4) is 0 Å². The number of hydrogen-bond donors (Lipinski definition) is 4. The van der Waals surface area contributed by atoms with Gasteiger partial charge in [0.1, 0.15) is 25.1 Å². The van der Waals surface area contributed by atoms with Gasteiger partial charge in [-0.15, -0.1) is 0 Å². The fraction of sp³-hybridized carbons (Fsp3) is 0.483. The van der Waals surface area contributed by atoms with Crippen molar-refractivity contribution in [3.05, 3.63) is 52.6 Å². The average molecular weight is 525 g/mol. The number of nitrogens with one attached hydrogen (secondary N) is 2. The summed E-state index contributed by atoms with van der Waals surface area (Å²) in [6.07, 6.45) is 0.880. The van der Waals surface area contributed by atoms with Crippen LogP contribution in [0.5, 0.6) is 5.75 Å². The Kier molecular flexibility index (Phi) is 10.8. The van der Waals surface area contributed by atoms with E-state index in [9.17, 15) is 9.90 Å². The van der Waals surface area contributed by atoms with Crippen molar-refractivity contribution < 1.29 is 24.3 Å². The summed E-state index contributed by atoms with van der Waals surface area (Å²) >= 11 is 0. The molecule has 0 bridgehead atoms. The number of aliphatic hydroxyl groups is 2. The molecular weight excluding hydrogens is 484 g/mol. The van der Waals surface area contributed by atoms with Crippen LogP contribution in [-0.2, 0) is 17.8 Å². The Balaban J connectivity index is 1.81. The summed E-state index contributed by atoms with van der Waals surface area (Å²) in [6.45, 7) is 11.6. The number of nitrogens with zero attached hydrogens (tertiary/aromatic N) is 2. The van der Waals surface area contributed by atoms with Gasteiger partial charge in [0.2, 0.25) is 11.7 Å². The molecule has 0 spiro atoms. The van der Waals surface area contributed by atoms with E-state index in [1.54, 1.807) is 0 Å². The van der Waals surface area contributed by atoms with Crippen molar-refractivity contribution in [2.45, 2.75) is 66.0 Å². The molecule has 0 aliphatic heterocycles. The lowest BCUT2D eigenvalue weighted by Gasteiger charge is -2.17. The van der Waals surface area contributed by atoms with Crippen LogP contribution in [0.2, 0.25) is 0 Å². The molecule has 1 aromatic heterocycles. The average Bonchev–Trinajstić information content (AvgIpc) is 3.41. The molecule has 4 N–H and O–H groups in total. The summed E-state index contributed by atoms with van der Waals surface area (Å²) in [5.74, 6) is 1.48. The van der Waals surface area contributed by atoms with Crippen LogP contribution < -0.4 is 15.4 Å². The number of aryl methyl sites for hydroxylation is 2. The molecule has 0 saturated carbocycles. The Morgan fingerprint density at radius 1 is 1.13 bits per heavy atom. The molecule has 206 valence electrons. The molecule has 1 heterocycles. The first-order chi connectivity index (χ1) is 18.2. The zero-order chi connectivity index (χ0) is 27.7. The number of carbonyl (C=O) groups is 1. The van der Waals surface area contributed by atoms with Gasteiger partial charge in [0.25, 0.3) is 5.89 Å². The first kappa shape index (κ1) is 29.3. The molecule has 0 saturated heterocycles. The normalized spacial score (nSPS) is 12.1. The number of carbonyl (C=O) groups excluding carboxylic acids is 1. The van der Waals surface area contributed by atoms with Crippen molar-refractivity contribution in [2.75, 3.05) is 26.3 Å². The second-order valence-electron chi connectivity index (χ2n) is 9.78. The minimum Gasteiger partial charge on any atom is -0.490 e. The molecule has 38 heavy (non-hydrogen) atoms. The molecule has 0 aliphatic carbocycles. The van der Waals surface area contributed by atoms with E-state index in [0.717, 1.165) is 41.8 Å². The van der Waals surface area contributed by atoms with Crippen LogP contribution >= 0.6 is 0 Å². The number of rotatable bonds is 14. The molecule has 1 atom stereocenters. The maximum atomic E-state index is 11.2. The van der Waals surface area contributed by atoms with Gasteiger partial charge in [-0.3, -0.25) is 4.79 Å². The third-order valence-corrected chi connectivity index (χ3v) is 6.20. The molecule has 1 unspecified atom stereocenters. The van der Waals surface area contributed by atoms with Crippen LogP contribution in [0, 0.1) is 6.92 Å². The van der Waals surface area contributed by atoms with Crippen LogP contribution in [-0.4, -0.2) is 58.7 Å². The first-order valence-electron chi connectivity index (χ1n) is 13.3. The van der Waals surface area contributed by atoms with Crippen LogP contribution in [0.25, 0.3) is 22.8 Å². The summed E-state index contributed by atoms with van der Waals surface area (Å²) in [5, 5.41) is 29.1. The van der Waals surface area contributed by atoms with Gasteiger partial charge >= 0.3 is 0 Å². The molecule has 9 nitrogen and oxygen atoms in total. The van der Waals surface area contributed by atoms with E-state index in [-0.39, 0.29) is 13.2 Å². The highest BCUT2D eigenvalue weighted by Crippen LogP contribution is 2.32. The fourth-order valence-corrected chi connectivity index (χ4v) is 4.12. The van der Waals surface area contributed by atoms with Gasteiger partial charge in [-0.25, -0.2) is 0 Å². The van der Waals surface area contributed by atoms with Crippen molar-refractivity contribution in [3.63, 3.8) is 0 Å². The minimum atomic E-state index is -0.905. The van der Waals surface area contributed by atoms with E-state index in [2.05, 4.69) is 54.8 Å².